The average Bonchev–Trinajstić information content (AvgIpc) is 2.28. The van der Waals surface area contributed by atoms with Crippen LogP contribution in [0.1, 0.15) is 20.8 Å². The number of anilines is 1. The highest BCUT2D eigenvalue weighted by atomic mass is 16.5. The number of ether oxygens (including phenoxy) is 1. The zero-order valence-corrected chi connectivity index (χ0v) is 10.1. The molecule has 0 spiro atoms. The second-order valence-corrected chi connectivity index (χ2v) is 4.13. The van der Waals surface area contributed by atoms with Crippen LogP contribution >= 0.6 is 0 Å². The lowest BCUT2D eigenvalue weighted by atomic mass is 10.1. The first-order valence-electron chi connectivity index (χ1n) is 5.59. The highest BCUT2D eigenvalue weighted by Gasteiger charge is 2.06. The van der Waals surface area contributed by atoms with E-state index in [-0.39, 0.29) is 13.2 Å². The molecule has 0 aromatic carbocycles. The number of rotatable bonds is 6. The van der Waals surface area contributed by atoms with Crippen LogP contribution < -0.4 is 10.1 Å². The monoisotopic (exact) mass is 224 g/mol. The van der Waals surface area contributed by atoms with Gasteiger partial charge < -0.3 is 15.2 Å². The van der Waals surface area contributed by atoms with Gasteiger partial charge >= 0.3 is 0 Å². The number of hydrogen-bond acceptors (Lipinski definition) is 4. The van der Waals surface area contributed by atoms with Gasteiger partial charge in [0.05, 0.1) is 18.5 Å². The first-order chi connectivity index (χ1) is 7.63. The van der Waals surface area contributed by atoms with Gasteiger partial charge in [0.25, 0.3) is 0 Å². The molecule has 0 bridgehead atoms. The molecule has 0 saturated carbocycles. The third kappa shape index (κ3) is 4.06. The molecule has 1 heterocycles. The van der Waals surface area contributed by atoms with Gasteiger partial charge in [-0.05, 0) is 18.9 Å². The Labute approximate surface area is 96.7 Å². The van der Waals surface area contributed by atoms with Crippen LogP contribution in [0.4, 0.5) is 5.69 Å². The van der Waals surface area contributed by atoms with E-state index in [0.29, 0.717) is 17.8 Å². The summed E-state index contributed by atoms with van der Waals surface area (Å²) in [5.74, 6) is 1.11. The van der Waals surface area contributed by atoms with Crippen LogP contribution in [0.5, 0.6) is 5.88 Å². The normalized spacial score (nSPS) is 12.6. The van der Waals surface area contributed by atoms with Crippen LogP contribution in [-0.2, 0) is 0 Å². The largest absolute Gasteiger partial charge is 0.475 e. The Morgan fingerprint density at radius 3 is 2.62 bits per heavy atom. The predicted octanol–water partition coefficient (Wildman–Crippen LogP) is 1.91. The summed E-state index contributed by atoms with van der Waals surface area (Å²) in [5.41, 5.74) is 0.984. The van der Waals surface area contributed by atoms with Crippen molar-refractivity contribution in [2.24, 2.45) is 5.92 Å². The van der Waals surface area contributed by atoms with Crippen LogP contribution in [-0.4, -0.2) is 29.3 Å². The number of aromatic nitrogens is 1. The Hall–Kier alpha value is -1.29. The number of aliphatic hydroxyl groups is 1. The molecule has 0 radical (unpaired) electrons. The fraction of sp³-hybridized carbons (Fsp3) is 0.583. The lowest BCUT2D eigenvalue weighted by Gasteiger charge is -2.18. The van der Waals surface area contributed by atoms with Crippen molar-refractivity contribution in [1.82, 2.24) is 4.98 Å². The third-order valence-electron chi connectivity index (χ3n) is 2.47. The summed E-state index contributed by atoms with van der Waals surface area (Å²) in [5, 5.41) is 12.0. The molecule has 1 aromatic rings. The van der Waals surface area contributed by atoms with E-state index in [4.69, 9.17) is 9.84 Å². The molecule has 2 N–H and O–H groups in total. The van der Waals surface area contributed by atoms with Gasteiger partial charge in [-0.3, -0.25) is 0 Å². The van der Waals surface area contributed by atoms with Gasteiger partial charge in [-0.15, -0.1) is 0 Å². The molecule has 1 rings (SSSR count). The minimum atomic E-state index is 0.00602. The Bertz CT molecular complexity index is 298. The van der Waals surface area contributed by atoms with Crippen molar-refractivity contribution >= 4 is 5.69 Å². The summed E-state index contributed by atoms with van der Waals surface area (Å²) >= 11 is 0. The summed E-state index contributed by atoms with van der Waals surface area (Å²) in [4.78, 5) is 4.13. The molecule has 0 aliphatic rings. The molecule has 4 nitrogen and oxygen atoms in total. The second-order valence-electron chi connectivity index (χ2n) is 4.13. The molecule has 0 aliphatic carbocycles. The summed E-state index contributed by atoms with van der Waals surface area (Å²) in [6.07, 6.45) is 1.74. The van der Waals surface area contributed by atoms with Gasteiger partial charge in [0.15, 0.2) is 0 Å². The first-order valence-corrected chi connectivity index (χ1v) is 5.59. The van der Waals surface area contributed by atoms with Crippen LogP contribution in [0.2, 0.25) is 0 Å². The summed E-state index contributed by atoms with van der Waals surface area (Å²) in [6, 6.07) is 4.13. The lowest BCUT2D eigenvalue weighted by Crippen LogP contribution is -2.21. The van der Waals surface area contributed by atoms with E-state index >= 15 is 0 Å². The van der Waals surface area contributed by atoms with Crippen molar-refractivity contribution in [1.29, 1.82) is 0 Å². The first kappa shape index (κ1) is 12.8. The summed E-state index contributed by atoms with van der Waals surface area (Å²) < 4.78 is 5.17. The van der Waals surface area contributed by atoms with Crippen molar-refractivity contribution in [2.75, 3.05) is 18.5 Å². The van der Waals surface area contributed by atoms with Crippen LogP contribution in [0, 0.1) is 5.92 Å². The molecule has 0 aliphatic heterocycles. The van der Waals surface area contributed by atoms with E-state index in [1.807, 2.05) is 6.07 Å². The molecule has 1 aromatic heterocycles. The molecule has 16 heavy (non-hydrogen) atoms. The van der Waals surface area contributed by atoms with Gasteiger partial charge in [-0.1, -0.05) is 13.8 Å². The highest BCUT2D eigenvalue weighted by Crippen LogP contribution is 2.14. The number of nitrogens with one attached hydrogen (secondary N) is 1. The zero-order chi connectivity index (χ0) is 12.0. The smallest absolute Gasteiger partial charge is 0.213 e. The van der Waals surface area contributed by atoms with Crippen molar-refractivity contribution < 1.29 is 9.84 Å². The number of hydrogen-bond donors (Lipinski definition) is 2. The fourth-order valence-electron chi connectivity index (χ4n) is 1.13. The van der Waals surface area contributed by atoms with E-state index in [9.17, 15) is 0 Å². The molecule has 0 amide bonds. The van der Waals surface area contributed by atoms with Gasteiger partial charge in [0.1, 0.15) is 6.61 Å². The highest BCUT2D eigenvalue weighted by molar-refractivity contribution is 5.42. The molecular formula is C12H20N2O2. The molecule has 1 unspecified atom stereocenters. The molecule has 0 saturated heterocycles. The third-order valence-corrected chi connectivity index (χ3v) is 2.47. The number of pyridine rings is 1. The van der Waals surface area contributed by atoms with Gasteiger partial charge in [-0.25, -0.2) is 4.98 Å². The van der Waals surface area contributed by atoms with Crippen molar-refractivity contribution in [3.63, 3.8) is 0 Å². The lowest BCUT2D eigenvalue weighted by molar-refractivity contribution is 0.196. The van der Waals surface area contributed by atoms with E-state index in [0.717, 1.165) is 5.69 Å². The summed E-state index contributed by atoms with van der Waals surface area (Å²) in [7, 11) is 0. The Morgan fingerprint density at radius 2 is 2.12 bits per heavy atom. The van der Waals surface area contributed by atoms with Gasteiger partial charge in [-0.2, -0.15) is 0 Å². The zero-order valence-electron chi connectivity index (χ0n) is 10.1. The second kappa shape index (κ2) is 6.33. The Morgan fingerprint density at radius 1 is 1.38 bits per heavy atom. The minimum absolute atomic E-state index is 0.00602. The van der Waals surface area contributed by atoms with Crippen LogP contribution in [0.25, 0.3) is 0 Å². The SMILES string of the molecule is CC(C)C(C)Nc1ccc(OCCO)nc1. The van der Waals surface area contributed by atoms with E-state index in [2.05, 4.69) is 31.1 Å². The topological polar surface area (TPSA) is 54.4 Å². The van der Waals surface area contributed by atoms with Crippen molar-refractivity contribution in [3.05, 3.63) is 18.3 Å². The molecule has 0 fully saturated rings. The quantitative estimate of drug-likeness (QED) is 0.775. The van der Waals surface area contributed by atoms with Crippen LogP contribution in [0.15, 0.2) is 18.3 Å². The standard InChI is InChI=1S/C12H20N2O2/c1-9(2)10(3)14-11-4-5-12(13-8-11)16-7-6-15/h4-5,8-10,14-15H,6-7H2,1-3H3. The van der Waals surface area contributed by atoms with Crippen molar-refractivity contribution in [3.8, 4) is 5.88 Å². The summed E-state index contributed by atoms with van der Waals surface area (Å²) in [6.45, 7) is 6.77. The van der Waals surface area contributed by atoms with E-state index < -0.39 is 0 Å². The number of aliphatic hydroxyl groups excluding tert-OH is 1. The molecule has 90 valence electrons. The maximum absolute atomic E-state index is 8.60. The van der Waals surface area contributed by atoms with E-state index in [1.54, 1.807) is 12.3 Å². The Balaban J connectivity index is 2.51. The maximum Gasteiger partial charge on any atom is 0.213 e. The molecule has 1 atom stereocenters. The minimum Gasteiger partial charge on any atom is -0.475 e. The average molecular weight is 224 g/mol. The maximum atomic E-state index is 8.60. The van der Waals surface area contributed by atoms with E-state index in [1.165, 1.54) is 0 Å². The molecule has 4 heteroatoms. The number of nitrogens with zero attached hydrogens (tertiary/aromatic N) is 1. The van der Waals surface area contributed by atoms with Gasteiger partial charge in [0, 0.05) is 12.1 Å². The van der Waals surface area contributed by atoms with Gasteiger partial charge in [0.2, 0.25) is 5.88 Å². The molecular weight excluding hydrogens is 204 g/mol. The fourth-order valence-corrected chi connectivity index (χ4v) is 1.13. The van der Waals surface area contributed by atoms with Crippen LogP contribution in [0.3, 0.4) is 0 Å². The predicted molar refractivity (Wildman–Crippen MR) is 64.7 cm³/mol. The van der Waals surface area contributed by atoms with Crippen molar-refractivity contribution in [2.45, 2.75) is 26.8 Å². The Kier molecular flexibility index (Phi) is 5.05.